The van der Waals surface area contributed by atoms with Gasteiger partial charge in [0.15, 0.2) is 0 Å². The summed E-state index contributed by atoms with van der Waals surface area (Å²) in [6.45, 7) is 7.09. The van der Waals surface area contributed by atoms with Gasteiger partial charge in [0.25, 0.3) is 5.91 Å². The summed E-state index contributed by atoms with van der Waals surface area (Å²) in [4.78, 5) is 23.5. The molecule has 1 aromatic heterocycles. The van der Waals surface area contributed by atoms with Crippen molar-refractivity contribution in [2.75, 3.05) is 0 Å². The minimum atomic E-state index is -0.724. The van der Waals surface area contributed by atoms with Crippen LogP contribution in [0.5, 0.6) is 0 Å². The first-order chi connectivity index (χ1) is 10.9. The van der Waals surface area contributed by atoms with Crippen molar-refractivity contribution in [1.29, 1.82) is 0 Å². The van der Waals surface area contributed by atoms with Crippen molar-refractivity contribution in [2.45, 2.75) is 65.5 Å². The number of carbonyl (C=O) groups excluding carboxylic acids is 1. The van der Waals surface area contributed by atoms with Crippen molar-refractivity contribution in [3.63, 3.8) is 0 Å². The second kappa shape index (κ2) is 7.62. The molecule has 0 spiro atoms. The Kier molecular flexibility index (Phi) is 5.80. The van der Waals surface area contributed by atoms with Gasteiger partial charge in [-0.2, -0.15) is 5.10 Å². The summed E-state index contributed by atoms with van der Waals surface area (Å²) in [5.41, 5.74) is 1.61. The van der Waals surface area contributed by atoms with Gasteiger partial charge in [-0.1, -0.05) is 20.8 Å². The maximum Gasteiger partial charge on any atom is 0.306 e. The van der Waals surface area contributed by atoms with Crippen LogP contribution in [0, 0.1) is 11.8 Å². The number of rotatable bonds is 6. The van der Waals surface area contributed by atoms with E-state index in [1.807, 2.05) is 11.6 Å². The van der Waals surface area contributed by atoms with Gasteiger partial charge in [0.1, 0.15) is 0 Å². The SMILES string of the molecule is CCc1c(C(=O)NC2CCC(C(=O)O)CC2)cnn1CC(C)C. The number of nitrogens with zero attached hydrogens (tertiary/aromatic N) is 2. The summed E-state index contributed by atoms with van der Waals surface area (Å²) in [6, 6.07) is 0.0660. The summed E-state index contributed by atoms with van der Waals surface area (Å²) >= 11 is 0. The number of aliphatic carboxylic acids is 1. The van der Waals surface area contributed by atoms with Crippen molar-refractivity contribution in [1.82, 2.24) is 15.1 Å². The zero-order valence-corrected chi connectivity index (χ0v) is 14.2. The molecule has 0 radical (unpaired) electrons. The normalized spacial score (nSPS) is 21.4. The number of hydrogen-bond acceptors (Lipinski definition) is 3. The lowest BCUT2D eigenvalue weighted by molar-refractivity contribution is -0.142. The van der Waals surface area contributed by atoms with E-state index in [-0.39, 0.29) is 17.9 Å². The molecule has 0 aliphatic heterocycles. The maximum absolute atomic E-state index is 12.5. The molecule has 128 valence electrons. The van der Waals surface area contributed by atoms with Crippen molar-refractivity contribution >= 4 is 11.9 Å². The summed E-state index contributed by atoms with van der Waals surface area (Å²) in [5, 5.41) is 16.4. The molecule has 0 aromatic carbocycles. The smallest absolute Gasteiger partial charge is 0.306 e. The third kappa shape index (κ3) is 4.33. The molecule has 1 aromatic rings. The van der Waals surface area contributed by atoms with E-state index >= 15 is 0 Å². The Hall–Kier alpha value is -1.85. The summed E-state index contributed by atoms with van der Waals surface area (Å²) in [7, 11) is 0. The fourth-order valence-corrected chi connectivity index (χ4v) is 3.22. The zero-order chi connectivity index (χ0) is 17.0. The Balaban J connectivity index is 1.99. The summed E-state index contributed by atoms with van der Waals surface area (Å²) < 4.78 is 1.92. The van der Waals surface area contributed by atoms with Gasteiger partial charge in [0, 0.05) is 12.6 Å². The molecule has 1 saturated carbocycles. The predicted molar refractivity (Wildman–Crippen MR) is 87.3 cm³/mol. The van der Waals surface area contributed by atoms with Gasteiger partial charge in [-0.3, -0.25) is 14.3 Å². The Morgan fingerprint density at radius 1 is 1.35 bits per heavy atom. The number of carbonyl (C=O) groups is 2. The molecule has 2 rings (SSSR count). The van der Waals surface area contributed by atoms with Crippen LogP contribution in [0.25, 0.3) is 0 Å². The maximum atomic E-state index is 12.5. The first-order valence-electron chi connectivity index (χ1n) is 8.50. The van der Waals surface area contributed by atoms with E-state index in [1.165, 1.54) is 0 Å². The molecule has 1 heterocycles. The van der Waals surface area contributed by atoms with Crippen LogP contribution in [0.1, 0.15) is 62.5 Å². The number of hydrogen-bond donors (Lipinski definition) is 2. The van der Waals surface area contributed by atoms with Gasteiger partial charge in [-0.25, -0.2) is 0 Å². The minimum Gasteiger partial charge on any atom is -0.481 e. The van der Waals surface area contributed by atoms with Gasteiger partial charge in [0.2, 0.25) is 0 Å². The van der Waals surface area contributed by atoms with Crippen LogP contribution in [0.15, 0.2) is 6.20 Å². The van der Waals surface area contributed by atoms with Crippen molar-refractivity contribution in [3.8, 4) is 0 Å². The topological polar surface area (TPSA) is 84.2 Å². The minimum absolute atomic E-state index is 0.0660. The highest BCUT2D eigenvalue weighted by molar-refractivity contribution is 5.95. The third-order valence-electron chi connectivity index (χ3n) is 4.48. The van der Waals surface area contributed by atoms with E-state index in [0.717, 1.165) is 31.5 Å². The van der Waals surface area contributed by atoms with Crippen LogP contribution in [-0.4, -0.2) is 32.8 Å². The van der Waals surface area contributed by atoms with Crippen LogP contribution in [0.2, 0.25) is 0 Å². The molecule has 0 saturated heterocycles. The Morgan fingerprint density at radius 2 is 2.00 bits per heavy atom. The van der Waals surface area contributed by atoms with E-state index in [9.17, 15) is 9.59 Å². The standard InChI is InChI=1S/C17H27N3O3/c1-4-15-14(9-18-20(15)10-11(2)3)16(21)19-13-7-5-12(6-8-13)17(22)23/h9,11-13H,4-8,10H2,1-3H3,(H,19,21)(H,22,23). The highest BCUT2D eigenvalue weighted by atomic mass is 16.4. The monoisotopic (exact) mass is 321 g/mol. The first-order valence-corrected chi connectivity index (χ1v) is 8.50. The molecule has 23 heavy (non-hydrogen) atoms. The van der Waals surface area contributed by atoms with Crippen LogP contribution in [0.4, 0.5) is 0 Å². The Bertz CT molecular complexity index is 557. The number of aromatic nitrogens is 2. The molecule has 0 atom stereocenters. The molecular formula is C17H27N3O3. The van der Waals surface area contributed by atoms with E-state index < -0.39 is 5.97 Å². The summed E-state index contributed by atoms with van der Waals surface area (Å²) in [6.07, 6.45) is 5.14. The predicted octanol–water partition coefficient (Wildman–Crippen LogP) is 2.47. The molecule has 1 aliphatic carbocycles. The molecule has 0 unspecified atom stereocenters. The molecule has 2 N–H and O–H groups in total. The lowest BCUT2D eigenvalue weighted by Crippen LogP contribution is -2.39. The van der Waals surface area contributed by atoms with Gasteiger partial charge >= 0.3 is 5.97 Å². The summed E-state index contributed by atoms with van der Waals surface area (Å²) in [5.74, 6) is -0.598. The Morgan fingerprint density at radius 3 is 2.52 bits per heavy atom. The molecule has 1 amide bonds. The van der Waals surface area contributed by atoms with Crippen molar-refractivity contribution in [3.05, 3.63) is 17.5 Å². The van der Waals surface area contributed by atoms with Crippen LogP contribution >= 0.6 is 0 Å². The number of carboxylic acids is 1. The lowest BCUT2D eigenvalue weighted by atomic mass is 9.86. The van der Waals surface area contributed by atoms with Gasteiger partial charge < -0.3 is 10.4 Å². The van der Waals surface area contributed by atoms with E-state index in [1.54, 1.807) is 6.20 Å². The first kappa shape index (κ1) is 17.5. The second-order valence-corrected chi connectivity index (χ2v) is 6.79. The largest absolute Gasteiger partial charge is 0.481 e. The highest BCUT2D eigenvalue weighted by Gasteiger charge is 2.27. The number of amides is 1. The number of carboxylic acid groups (broad SMARTS) is 1. The van der Waals surface area contributed by atoms with E-state index in [4.69, 9.17) is 5.11 Å². The highest BCUT2D eigenvalue weighted by Crippen LogP contribution is 2.25. The van der Waals surface area contributed by atoms with Crippen LogP contribution in [0.3, 0.4) is 0 Å². The van der Waals surface area contributed by atoms with Gasteiger partial charge in [0.05, 0.1) is 23.4 Å². The molecule has 0 bridgehead atoms. The molecular weight excluding hydrogens is 294 g/mol. The zero-order valence-electron chi connectivity index (χ0n) is 14.2. The van der Waals surface area contributed by atoms with Crippen LogP contribution in [-0.2, 0) is 17.8 Å². The molecule has 1 fully saturated rings. The fourth-order valence-electron chi connectivity index (χ4n) is 3.22. The van der Waals surface area contributed by atoms with E-state index in [2.05, 4.69) is 24.3 Å². The molecule has 1 aliphatic rings. The Labute approximate surface area is 137 Å². The van der Waals surface area contributed by atoms with E-state index in [0.29, 0.717) is 24.3 Å². The van der Waals surface area contributed by atoms with Crippen molar-refractivity contribution in [2.24, 2.45) is 11.8 Å². The molecule has 6 nitrogen and oxygen atoms in total. The van der Waals surface area contributed by atoms with Gasteiger partial charge in [-0.05, 0) is 38.0 Å². The lowest BCUT2D eigenvalue weighted by Gasteiger charge is -2.26. The quantitative estimate of drug-likeness (QED) is 0.843. The number of nitrogens with one attached hydrogen (secondary N) is 1. The third-order valence-corrected chi connectivity index (χ3v) is 4.48. The van der Waals surface area contributed by atoms with Crippen molar-refractivity contribution < 1.29 is 14.7 Å². The second-order valence-electron chi connectivity index (χ2n) is 6.79. The molecule has 6 heteroatoms. The van der Waals surface area contributed by atoms with Crippen LogP contribution < -0.4 is 5.32 Å². The van der Waals surface area contributed by atoms with Gasteiger partial charge in [-0.15, -0.1) is 0 Å². The fraction of sp³-hybridized carbons (Fsp3) is 0.706. The average molecular weight is 321 g/mol. The average Bonchev–Trinajstić information content (AvgIpc) is 2.89.